The van der Waals surface area contributed by atoms with Crippen LogP contribution in [0, 0.1) is 11.6 Å². The molecule has 0 aliphatic heterocycles. The summed E-state index contributed by atoms with van der Waals surface area (Å²) in [5.41, 5.74) is 2.61. The van der Waals surface area contributed by atoms with Crippen LogP contribution in [0.4, 0.5) is 8.78 Å². The lowest BCUT2D eigenvalue weighted by molar-refractivity contribution is -0.111. The van der Waals surface area contributed by atoms with Crippen molar-refractivity contribution in [3.05, 3.63) is 90.0 Å². The zero-order valence-electron chi connectivity index (χ0n) is 14.1. The maximum atomic E-state index is 13.6. The smallest absolute Gasteiger partial charge is 0.193 e. The van der Waals surface area contributed by atoms with Gasteiger partial charge in [0.15, 0.2) is 5.12 Å². The van der Waals surface area contributed by atoms with E-state index in [4.69, 9.17) is 0 Å². The molecule has 0 fully saturated rings. The predicted octanol–water partition coefficient (Wildman–Crippen LogP) is 6.27. The van der Waals surface area contributed by atoms with Crippen LogP contribution in [-0.2, 0) is 11.2 Å². The first-order chi connectivity index (χ1) is 12.6. The number of halogens is 2. The van der Waals surface area contributed by atoms with E-state index in [9.17, 15) is 13.6 Å². The van der Waals surface area contributed by atoms with Crippen molar-refractivity contribution >= 4 is 16.9 Å². The van der Waals surface area contributed by atoms with Crippen molar-refractivity contribution in [2.75, 3.05) is 0 Å². The van der Waals surface area contributed by atoms with E-state index in [1.165, 1.54) is 23.9 Å². The number of carbonyl (C=O) groups is 1. The second-order valence-electron chi connectivity index (χ2n) is 5.96. The second-order valence-corrected chi connectivity index (χ2v) is 7.09. The van der Waals surface area contributed by atoms with Crippen molar-refractivity contribution in [1.29, 1.82) is 0 Å². The maximum Gasteiger partial charge on any atom is 0.193 e. The first-order valence-corrected chi connectivity index (χ1v) is 9.23. The second kappa shape index (κ2) is 8.77. The molecule has 0 atom stereocenters. The van der Waals surface area contributed by atoms with Gasteiger partial charge in [0.1, 0.15) is 11.6 Å². The molecule has 0 aromatic heterocycles. The average molecular weight is 368 g/mol. The van der Waals surface area contributed by atoms with Crippen LogP contribution in [0.15, 0.2) is 77.7 Å². The zero-order chi connectivity index (χ0) is 18.4. The van der Waals surface area contributed by atoms with Crippen LogP contribution in [0.1, 0.15) is 18.4 Å². The fourth-order valence-electron chi connectivity index (χ4n) is 2.70. The summed E-state index contributed by atoms with van der Waals surface area (Å²) in [6, 6.07) is 21.4. The molecule has 0 unspecified atom stereocenters. The van der Waals surface area contributed by atoms with Crippen LogP contribution in [0.5, 0.6) is 0 Å². The van der Waals surface area contributed by atoms with Crippen LogP contribution in [0.3, 0.4) is 0 Å². The predicted molar refractivity (Wildman–Crippen MR) is 102 cm³/mol. The fourth-order valence-corrected chi connectivity index (χ4v) is 3.54. The topological polar surface area (TPSA) is 17.1 Å². The molecule has 0 amide bonds. The monoisotopic (exact) mass is 368 g/mol. The summed E-state index contributed by atoms with van der Waals surface area (Å²) in [5, 5.41) is 0.0396. The van der Waals surface area contributed by atoms with Crippen molar-refractivity contribution in [3.8, 4) is 11.1 Å². The Hall–Kier alpha value is -2.46. The van der Waals surface area contributed by atoms with Crippen molar-refractivity contribution in [2.45, 2.75) is 24.2 Å². The van der Waals surface area contributed by atoms with Gasteiger partial charge in [0.05, 0.1) is 0 Å². The number of rotatable bonds is 6. The highest BCUT2D eigenvalue weighted by Crippen LogP contribution is 2.27. The summed E-state index contributed by atoms with van der Waals surface area (Å²) in [6.45, 7) is 0. The maximum absolute atomic E-state index is 13.6. The van der Waals surface area contributed by atoms with Crippen molar-refractivity contribution in [2.24, 2.45) is 0 Å². The summed E-state index contributed by atoms with van der Waals surface area (Å²) >= 11 is 1.20. The largest absolute Gasteiger partial charge is 0.287 e. The van der Waals surface area contributed by atoms with E-state index in [0.717, 1.165) is 22.1 Å². The molecule has 0 radical (unpaired) electrons. The Kier molecular flexibility index (Phi) is 6.18. The Morgan fingerprint density at radius 1 is 0.846 bits per heavy atom. The molecule has 0 N–H and O–H groups in total. The SMILES string of the molecule is O=C(CCCc1ccc(F)cc1F)Sc1cccc(-c2ccccc2)c1. The lowest BCUT2D eigenvalue weighted by atomic mass is 10.1. The third kappa shape index (κ3) is 5.02. The molecule has 0 saturated carbocycles. The molecule has 0 bridgehead atoms. The number of hydrogen-bond donors (Lipinski definition) is 0. The molecule has 1 nitrogen and oxygen atoms in total. The first-order valence-electron chi connectivity index (χ1n) is 8.42. The Bertz CT molecular complexity index is 894. The van der Waals surface area contributed by atoms with Crippen molar-refractivity contribution in [1.82, 2.24) is 0 Å². The molecule has 132 valence electrons. The first kappa shape index (κ1) is 18.3. The van der Waals surface area contributed by atoms with Crippen molar-refractivity contribution < 1.29 is 13.6 Å². The number of aryl methyl sites for hydroxylation is 1. The van der Waals surface area contributed by atoms with Gasteiger partial charge < -0.3 is 0 Å². The quantitative estimate of drug-likeness (QED) is 0.477. The van der Waals surface area contributed by atoms with E-state index in [1.54, 1.807) is 0 Å². The highest BCUT2D eigenvalue weighted by atomic mass is 32.2. The summed E-state index contributed by atoms with van der Waals surface area (Å²) in [7, 11) is 0. The van der Waals surface area contributed by atoms with Crippen molar-refractivity contribution in [3.63, 3.8) is 0 Å². The minimum absolute atomic E-state index is 0.0396. The van der Waals surface area contributed by atoms with Gasteiger partial charge in [0, 0.05) is 17.4 Å². The number of thioether (sulfide) groups is 1. The molecule has 3 aromatic rings. The van der Waals surface area contributed by atoms with Gasteiger partial charge in [0.2, 0.25) is 0 Å². The summed E-state index contributed by atoms with van der Waals surface area (Å²) in [6.07, 6.45) is 1.30. The van der Waals surface area contributed by atoms with Gasteiger partial charge in [-0.05, 0) is 47.7 Å². The highest BCUT2D eigenvalue weighted by molar-refractivity contribution is 8.13. The van der Waals surface area contributed by atoms with E-state index < -0.39 is 11.6 Å². The Balaban J connectivity index is 1.55. The molecule has 0 spiro atoms. The molecular formula is C22H18F2OS. The summed E-state index contributed by atoms with van der Waals surface area (Å²) in [4.78, 5) is 13.1. The average Bonchev–Trinajstić information content (AvgIpc) is 2.64. The van der Waals surface area contributed by atoms with Gasteiger partial charge >= 0.3 is 0 Å². The van der Waals surface area contributed by atoms with Gasteiger partial charge in [-0.25, -0.2) is 8.78 Å². The Labute approximate surface area is 156 Å². The summed E-state index contributed by atoms with van der Waals surface area (Å²) < 4.78 is 26.5. The Morgan fingerprint density at radius 2 is 1.62 bits per heavy atom. The molecule has 0 aliphatic carbocycles. The van der Waals surface area contributed by atoms with Crippen LogP contribution in [0.25, 0.3) is 11.1 Å². The third-order valence-electron chi connectivity index (χ3n) is 4.01. The molecule has 0 saturated heterocycles. The molecule has 0 aliphatic rings. The molecule has 0 heterocycles. The van der Waals surface area contributed by atoms with E-state index in [1.807, 2.05) is 54.6 Å². The van der Waals surface area contributed by atoms with E-state index in [2.05, 4.69) is 0 Å². The fraction of sp³-hybridized carbons (Fsp3) is 0.136. The van der Waals surface area contributed by atoms with Gasteiger partial charge in [-0.1, -0.05) is 60.3 Å². The van der Waals surface area contributed by atoms with Gasteiger partial charge in [-0.2, -0.15) is 0 Å². The number of hydrogen-bond acceptors (Lipinski definition) is 2. The Morgan fingerprint density at radius 3 is 2.38 bits per heavy atom. The van der Waals surface area contributed by atoms with Gasteiger partial charge in [-0.3, -0.25) is 4.79 Å². The lowest BCUT2D eigenvalue weighted by Gasteiger charge is -2.06. The van der Waals surface area contributed by atoms with Crippen LogP contribution in [-0.4, -0.2) is 5.12 Å². The number of carbonyl (C=O) groups excluding carboxylic acids is 1. The number of benzene rings is 3. The molecular weight excluding hydrogens is 350 g/mol. The van der Waals surface area contributed by atoms with E-state index >= 15 is 0 Å². The standard InChI is InChI=1S/C22H18F2OS/c23-19-13-12-17(21(24)15-19)8-5-11-22(25)26-20-10-4-9-18(14-20)16-6-2-1-3-7-16/h1-4,6-7,9-10,12-15H,5,8,11H2. The minimum atomic E-state index is -0.587. The van der Waals surface area contributed by atoms with Crippen LogP contribution < -0.4 is 0 Å². The minimum Gasteiger partial charge on any atom is -0.287 e. The molecule has 26 heavy (non-hydrogen) atoms. The zero-order valence-corrected chi connectivity index (χ0v) is 14.9. The van der Waals surface area contributed by atoms with E-state index in [-0.39, 0.29) is 5.12 Å². The van der Waals surface area contributed by atoms with Gasteiger partial charge in [-0.15, -0.1) is 0 Å². The molecule has 4 heteroatoms. The third-order valence-corrected chi connectivity index (χ3v) is 4.94. The van der Waals surface area contributed by atoms with Crippen LogP contribution in [0.2, 0.25) is 0 Å². The molecule has 3 aromatic carbocycles. The lowest BCUT2D eigenvalue weighted by Crippen LogP contribution is -1.96. The van der Waals surface area contributed by atoms with E-state index in [0.29, 0.717) is 24.8 Å². The molecule has 3 rings (SSSR count). The van der Waals surface area contributed by atoms with Gasteiger partial charge in [0.25, 0.3) is 0 Å². The normalized spacial score (nSPS) is 10.7. The summed E-state index contributed by atoms with van der Waals surface area (Å²) in [5.74, 6) is -1.14. The highest BCUT2D eigenvalue weighted by Gasteiger charge is 2.08. The van der Waals surface area contributed by atoms with Crippen LogP contribution >= 0.6 is 11.8 Å².